The topological polar surface area (TPSA) is 37.1 Å². The van der Waals surface area contributed by atoms with E-state index in [9.17, 15) is 0 Å². The number of nitrogens with zero attached hydrogens (tertiary/aromatic N) is 3. The Labute approximate surface area is 143 Å². The van der Waals surface area contributed by atoms with Crippen LogP contribution in [0.3, 0.4) is 0 Å². The fraction of sp³-hybridized carbons (Fsp3) is 0.0500. The number of allylic oxidation sites excluding steroid dienone is 7. The average molecular weight is 327 g/mol. The van der Waals surface area contributed by atoms with Gasteiger partial charge < -0.3 is 0 Å². The zero-order valence-electron chi connectivity index (χ0n) is 12.8. The van der Waals surface area contributed by atoms with Gasteiger partial charge in [-0.1, -0.05) is 0 Å². The van der Waals surface area contributed by atoms with Crippen LogP contribution < -0.4 is 9.06 Å². The third-order valence-electron chi connectivity index (χ3n) is 4.02. The summed E-state index contributed by atoms with van der Waals surface area (Å²) in [5.74, 6) is 0. The van der Waals surface area contributed by atoms with Crippen molar-refractivity contribution in [3.63, 3.8) is 0 Å². The Kier molecular flexibility index (Phi) is 3.03. The molecule has 3 nitrogen and oxygen atoms in total. The van der Waals surface area contributed by atoms with Crippen molar-refractivity contribution in [1.82, 2.24) is 0 Å². The van der Waals surface area contributed by atoms with Crippen molar-refractivity contribution in [3.05, 3.63) is 80.8 Å². The fourth-order valence-electron chi connectivity index (χ4n) is 2.93. The third-order valence-corrected chi connectivity index (χ3v) is 5.00. The molecule has 0 aromatic carbocycles. The van der Waals surface area contributed by atoms with E-state index in [-0.39, 0.29) is 0 Å². The highest BCUT2D eigenvalue weighted by Gasteiger charge is 2.11. The lowest BCUT2D eigenvalue weighted by Crippen LogP contribution is -1.99. The average Bonchev–Trinajstić information content (AvgIpc) is 3.32. The van der Waals surface area contributed by atoms with E-state index in [1.807, 2.05) is 18.4 Å². The maximum absolute atomic E-state index is 4.67. The summed E-state index contributed by atoms with van der Waals surface area (Å²) < 4.78 is 2.39. The SMILES string of the molecule is C1=CC2=NC1=CC1=CN=C(C=C3C=CC(=N3)C=c3ccc(s3)=C2)C1. The first-order chi connectivity index (χ1) is 11.8. The molecular weight excluding hydrogens is 314 g/mol. The van der Waals surface area contributed by atoms with Gasteiger partial charge in [0.1, 0.15) is 0 Å². The highest BCUT2D eigenvalue weighted by molar-refractivity contribution is 7.08. The third kappa shape index (κ3) is 2.61. The van der Waals surface area contributed by atoms with Gasteiger partial charge in [-0.15, -0.1) is 11.3 Å². The van der Waals surface area contributed by atoms with Crippen LogP contribution in [0.2, 0.25) is 0 Å². The van der Waals surface area contributed by atoms with E-state index in [1.54, 1.807) is 11.3 Å². The molecule has 0 N–H and O–H groups in total. The number of hydrogen-bond acceptors (Lipinski definition) is 4. The lowest BCUT2D eigenvalue weighted by atomic mass is 10.1. The molecule has 0 atom stereocenters. The summed E-state index contributed by atoms with van der Waals surface area (Å²) in [4.78, 5) is 13.8. The van der Waals surface area contributed by atoms with Crippen LogP contribution in [0.5, 0.6) is 0 Å². The first-order valence-electron chi connectivity index (χ1n) is 7.82. The van der Waals surface area contributed by atoms with Crippen LogP contribution in [0.1, 0.15) is 6.42 Å². The zero-order valence-corrected chi connectivity index (χ0v) is 13.6. The van der Waals surface area contributed by atoms with Crippen LogP contribution in [0.25, 0.3) is 12.2 Å². The van der Waals surface area contributed by atoms with E-state index in [0.29, 0.717) is 0 Å². The second-order valence-electron chi connectivity index (χ2n) is 5.91. The molecule has 114 valence electrons. The normalized spacial score (nSPS) is 20.5. The van der Waals surface area contributed by atoms with Crippen LogP contribution in [-0.2, 0) is 0 Å². The molecule has 4 aliphatic heterocycles. The molecule has 0 saturated carbocycles. The van der Waals surface area contributed by atoms with Gasteiger partial charge in [-0.3, -0.25) is 4.99 Å². The Morgan fingerprint density at radius 3 is 2.12 bits per heavy atom. The van der Waals surface area contributed by atoms with Crippen LogP contribution in [0.4, 0.5) is 0 Å². The van der Waals surface area contributed by atoms with E-state index >= 15 is 0 Å². The largest absolute Gasteiger partial charge is 0.261 e. The van der Waals surface area contributed by atoms with Gasteiger partial charge in [0.05, 0.1) is 22.8 Å². The first kappa shape index (κ1) is 13.6. The summed E-state index contributed by atoms with van der Waals surface area (Å²) in [6.07, 6.45) is 19.3. The monoisotopic (exact) mass is 327 g/mol. The van der Waals surface area contributed by atoms with Gasteiger partial charge in [0.2, 0.25) is 0 Å². The maximum Gasteiger partial charge on any atom is 0.0655 e. The molecule has 1 aromatic heterocycles. The molecule has 0 saturated heterocycles. The van der Waals surface area contributed by atoms with Gasteiger partial charge in [-0.25, -0.2) is 9.98 Å². The van der Waals surface area contributed by atoms with Gasteiger partial charge >= 0.3 is 0 Å². The predicted molar refractivity (Wildman–Crippen MR) is 102 cm³/mol. The molecule has 0 amide bonds. The van der Waals surface area contributed by atoms with Crippen molar-refractivity contribution in [3.8, 4) is 0 Å². The smallest absolute Gasteiger partial charge is 0.0655 e. The fourth-order valence-corrected chi connectivity index (χ4v) is 3.83. The summed E-state index contributed by atoms with van der Waals surface area (Å²) in [7, 11) is 0. The van der Waals surface area contributed by atoms with Crippen LogP contribution in [0, 0.1) is 0 Å². The maximum atomic E-state index is 4.67. The van der Waals surface area contributed by atoms with Crippen LogP contribution >= 0.6 is 11.3 Å². The molecule has 24 heavy (non-hydrogen) atoms. The van der Waals surface area contributed by atoms with Gasteiger partial charge in [0.15, 0.2) is 0 Å². The summed E-state index contributed by atoms with van der Waals surface area (Å²) in [6, 6.07) is 4.25. The summed E-state index contributed by atoms with van der Waals surface area (Å²) in [6.45, 7) is 0. The number of hydrogen-bond donors (Lipinski definition) is 0. The molecule has 5 rings (SSSR count). The molecule has 0 fully saturated rings. The molecule has 4 aliphatic rings. The second kappa shape index (κ2) is 5.35. The minimum atomic E-state index is 0.823. The Morgan fingerprint density at radius 1 is 0.750 bits per heavy atom. The molecule has 0 radical (unpaired) electrons. The standard InChI is InChI=1S/C20H13N3S/c1-3-16-10-19-5-6-20(24-19)11-17-4-2-15(23-17)9-18-8-13(12-21-18)7-14(1)22-16/h1-7,9-12H,8H2. The Morgan fingerprint density at radius 2 is 1.42 bits per heavy atom. The van der Waals surface area contributed by atoms with Crippen LogP contribution in [0.15, 0.2) is 86.7 Å². The quantitative estimate of drug-likeness (QED) is 0.703. The summed E-state index contributed by atoms with van der Waals surface area (Å²) in [5, 5.41) is 0. The van der Waals surface area contributed by atoms with E-state index in [1.165, 1.54) is 14.6 Å². The predicted octanol–water partition coefficient (Wildman–Crippen LogP) is 2.84. The van der Waals surface area contributed by atoms with Crippen molar-refractivity contribution in [1.29, 1.82) is 0 Å². The number of fused-ring (bicyclic) bond motifs is 6. The van der Waals surface area contributed by atoms with Gasteiger partial charge in [0, 0.05) is 27.4 Å². The van der Waals surface area contributed by atoms with Crippen molar-refractivity contribution in [2.75, 3.05) is 0 Å². The Hall–Kier alpha value is -2.85. The highest BCUT2D eigenvalue weighted by Crippen LogP contribution is 2.21. The van der Waals surface area contributed by atoms with E-state index < -0.39 is 0 Å². The molecule has 0 aliphatic carbocycles. The highest BCUT2D eigenvalue weighted by atomic mass is 32.1. The number of thiophene rings is 1. The Bertz CT molecular complexity index is 1030. The number of rotatable bonds is 0. The van der Waals surface area contributed by atoms with Gasteiger partial charge in [0.25, 0.3) is 0 Å². The van der Waals surface area contributed by atoms with Crippen molar-refractivity contribution < 1.29 is 0 Å². The first-order valence-corrected chi connectivity index (χ1v) is 8.64. The molecule has 0 spiro atoms. The molecule has 0 unspecified atom stereocenters. The van der Waals surface area contributed by atoms with Gasteiger partial charge in [-0.05, 0) is 66.3 Å². The molecule has 4 heteroatoms. The van der Waals surface area contributed by atoms with E-state index in [4.69, 9.17) is 0 Å². The van der Waals surface area contributed by atoms with Crippen molar-refractivity contribution >= 4 is 40.6 Å². The lowest BCUT2D eigenvalue weighted by Gasteiger charge is -1.96. The zero-order chi connectivity index (χ0) is 15.9. The van der Waals surface area contributed by atoms with E-state index in [0.717, 1.165) is 34.9 Å². The summed E-state index contributed by atoms with van der Waals surface area (Å²) in [5.41, 5.74) is 6.12. The minimum Gasteiger partial charge on any atom is -0.261 e. The lowest BCUT2D eigenvalue weighted by molar-refractivity contribution is 1.34. The van der Waals surface area contributed by atoms with Gasteiger partial charge in [-0.2, -0.15) is 0 Å². The van der Waals surface area contributed by atoms with Crippen molar-refractivity contribution in [2.45, 2.75) is 6.42 Å². The molecule has 1 aromatic rings. The number of aliphatic imine (C=N–C) groups is 3. The van der Waals surface area contributed by atoms with Crippen LogP contribution in [-0.4, -0.2) is 17.1 Å². The van der Waals surface area contributed by atoms with E-state index in [2.05, 4.69) is 63.6 Å². The molecule has 8 bridgehead atoms. The molecule has 5 heterocycles. The second-order valence-corrected chi connectivity index (χ2v) is 7.06. The summed E-state index contributed by atoms with van der Waals surface area (Å²) >= 11 is 1.74. The van der Waals surface area contributed by atoms with Crippen molar-refractivity contribution in [2.24, 2.45) is 15.0 Å². The molecular formula is C20H13N3S. The Balaban J connectivity index is 1.67. The minimum absolute atomic E-state index is 0.823.